The fraction of sp³-hybridized carbons (Fsp3) is 0.500. The van der Waals surface area contributed by atoms with Crippen LogP contribution in [0.4, 0.5) is 44.6 Å². The number of alkyl halides is 9. The number of nitrogens with zero attached hydrogens (tertiary/aromatic N) is 4. The van der Waals surface area contributed by atoms with Crippen LogP contribution in [0.25, 0.3) is 9.88 Å². The van der Waals surface area contributed by atoms with Crippen molar-refractivity contribution in [2.75, 3.05) is 18.0 Å². The van der Waals surface area contributed by atoms with E-state index < -0.39 is 80.8 Å². The Kier molecular flexibility index (Phi) is 7.16. The van der Waals surface area contributed by atoms with E-state index in [4.69, 9.17) is 11.5 Å². The normalized spacial score (nSPS) is 23.3. The molecule has 0 bridgehead atoms. The molecule has 0 aromatic carbocycles. The van der Waals surface area contributed by atoms with Crippen LogP contribution >= 0.6 is 22.7 Å². The van der Waals surface area contributed by atoms with Gasteiger partial charge >= 0.3 is 18.5 Å². The Balaban J connectivity index is 1.61. The molecule has 1 unspecified atom stereocenters. The number of carbonyl (C=O) groups excluding carboxylic acids is 1. The number of hydrogen-bond donors (Lipinski definition) is 3. The summed E-state index contributed by atoms with van der Waals surface area (Å²) in [5.74, 6) is -2.99. The number of rotatable bonds is 3. The van der Waals surface area contributed by atoms with Gasteiger partial charge in [0.15, 0.2) is 22.1 Å². The van der Waals surface area contributed by atoms with Crippen molar-refractivity contribution >= 4 is 39.5 Å². The lowest BCUT2D eigenvalue weighted by Crippen LogP contribution is -2.55. The fourth-order valence-electron chi connectivity index (χ4n) is 4.25. The number of anilines is 1. The van der Waals surface area contributed by atoms with Gasteiger partial charge in [0, 0.05) is 30.1 Å². The number of amides is 1. The Morgan fingerprint density at radius 2 is 1.67 bits per heavy atom. The Labute approximate surface area is 220 Å². The summed E-state index contributed by atoms with van der Waals surface area (Å²) in [5.41, 5.74) is 3.71. The zero-order chi connectivity index (χ0) is 29.1. The van der Waals surface area contributed by atoms with Crippen LogP contribution in [0.15, 0.2) is 21.6 Å². The van der Waals surface area contributed by atoms with Gasteiger partial charge in [-0.15, -0.1) is 11.3 Å². The van der Waals surface area contributed by atoms with Gasteiger partial charge in [0.05, 0.1) is 16.9 Å². The molecule has 1 atom stereocenters. The molecule has 1 fully saturated rings. The van der Waals surface area contributed by atoms with Crippen molar-refractivity contribution in [2.24, 2.45) is 22.4 Å². The molecule has 2 aromatic rings. The second kappa shape index (κ2) is 9.61. The highest BCUT2D eigenvalue weighted by Gasteiger charge is 2.61. The number of aliphatic imine (C=N–C) groups is 1. The topological polar surface area (TPSA) is 131 Å². The molecule has 2 aliphatic rings. The molecular weight excluding hydrogens is 591 g/mol. The molecule has 4 rings (SSSR count). The van der Waals surface area contributed by atoms with E-state index >= 15 is 0 Å². The van der Waals surface area contributed by atoms with Gasteiger partial charge in [-0.1, -0.05) is 11.3 Å². The first-order valence-electron chi connectivity index (χ1n) is 10.9. The van der Waals surface area contributed by atoms with Crippen molar-refractivity contribution in [3.63, 3.8) is 0 Å². The Morgan fingerprint density at radius 1 is 1.05 bits per heavy atom. The number of carbonyl (C=O) groups is 1. The number of allylic oxidation sites excluding steroid dienone is 1. The first-order valence-corrected chi connectivity index (χ1v) is 12.5. The molecule has 39 heavy (non-hydrogen) atoms. The van der Waals surface area contributed by atoms with Crippen LogP contribution in [0.2, 0.25) is 0 Å². The summed E-state index contributed by atoms with van der Waals surface area (Å²) in [5, 5.41) is 10.3. The summed E-state index contributed by atoms with van der Waals surface area (Å²) in [6, 6.07) is 0. The molecule has 1 amide bonds. The number of piperidine rings is 1. The Morgan fingerprint density at radius 3 is 2.18 bits per heavy atom. The number of hydrogen-bond acceptors (Lipinski definition) is 9. The van der Waals surface area contributed by atoms with Crippen molar-refractivity contribution in [2.45, 2.75) is 43.4 Å². The van der Waals surface area contributed by atoms with Crippen molar-refractivity contribution in [1.29, 1.82) is 0 Å². The van der Waals surface area contributed by atoms with E-state index in [0.29, 0.717) is 28.1 Å². The summed E-state index contributed by atoms with van der Waals surface area (Å²) in [4.78, 5) is 22.5. The summed E-state index contributed by atoms with van der Waals surface area (Å²) < 4.78 is 121. The molecule has 0 aliphatic carbocycles. The van der Waals surface area contributed by atoms with E-state index in [-0.39, 0.29) is 31.1 Å². The van der Waals surface area contributed by atoms with E-state index in [1.54, 1.807) is 0 Å². The van der Waals surface area contributed by atoms with Crippen molar-refractivity contribution in [3.8, 4) is 9.88 Å². The molecular formula is C20H17F9N6O2S2. The van der Waals surface area contributed by atoms with Crippen molar-refractivity contribution in [3.05, 3.63) is 28.0 Å². The maximum absolute atomic E-state index is 13.7. The summed E-state index contributed by atoms with van der Waals surface area (Å²) >= 11 is 0.856. The van der Waals surface area contributed by atoms with Crippen LogP contribution in [0.1, 0.15) is 30.7 Å². The highest BCUT2D eigenvalue weighted by Crippen LogP contribution is 2.47. The third kappa shape index (κ3) is 5.43. The van der Waals surface area contributed by atoms with Crippen molar-refractivity contribution in [1.82, 2.24) is 9.97 Å². The Hall–Kier alpha value is -2.93. The SMILES string of the molecule is NC1=NC(=O)CC(O)(C(F)(F)F)C1=C(N)C1CCN(c2nc(C(F)(F)F)c(-c3nc(C(F)(F)F)cs3)s2)CC1. The van der Waals surface area contributed by atoms with Crippen LogP contribution in [0.5, 0.6) is 0 Å². The van der Waals surface area contributed by atoms with Crippen LogP contribution in [0, 0.1) is 5.92 Å². The third-order valence-electron chi connectivity index (χ3n) is 6.16. The van der Waals surface area contributed by atoms with E-state index in [1.807, 2.05) is 0 Å². The number of aromatic nitrogens is 2. The van der Waals surface area contributed by atoms with Gasteiger partial charge in [-0.05, 0) is 12.8 Å². The summed E-state index contributed by atoms with van der Waals surface area (Å²) in [6.45, 7) is -0.0933. The van der Waals surface area contributed by atoms with Crippen molar-refractivity contribution < 1.29 is 49.4 Å². The van der Waals surface area contributed by atoms with Gasteiger partial charge in [-0.25, -0.2) is 9.97 Å². The molecule has 8 nitrogen and oxygen atoms in total. The van der Waals surface area contributed by atoms with Gasteiger partial charge in [-0.2, -0.15) is 44.5 Å². The molecule has 0 radical (unpaired) electrons. The van der Waals surface area contributed by atoms with Crippen LogP contribution in [0.3, 0.4) is 0 Å². The summed E-state index contributed by atoms with van der Waals surface area (Å²) in [7, 11) is 0. The van der Waals surface area contributed by atoms with E-state index in [1.165, 1.54) is 4.90 Å². The minimum atomic E-state index is -5.31. The van der Waals surface area contributed by atoms with Crippen LogP contribution in [-0.2, 0) is 17.1 Å². The molecule has 19 heteroatoms. The highest BCUT2D eigenvalue weighted by molar-refractivity contribution is 7.23. The fourth-order valence-corrected chi connectivity index (χ4v) is 6.31. The smallest absolute Gasteiger partial charge is 0.401 e. The lowest BCUT2D eigenvalue weighted by Gasteiger charge is -2.38. The molecule has 4 heterocycles. The quantitative estimate of drug-likeness (QED) is 0.443. The molecule has 2 aliphatic heterocycles. The monoisotopic (exact) mass is 608 g/mol. The molecule has 2 aromatic heterocycles. The van der Waals surface area contributed by atoms with E-state index in [2.05, 4.69) is 15.0 Å². The maximum atomic E-state index is 13.7. The number of thiazole rings is 2. The minimum absolute atomic E-state index is 0.00373. The molecule has 214 valence electrons. The highest BCUT2D eigenvalue weighted by atomic mass is 32.1. The number of amidine groups is 1. The lowest BCUT2D eigenvalue weighted by molar-refractivity contribution is -0.244. The standard InChI is InChI=1S/C20H17F9N6O2S2/c21-18(22,23)8-6-38-15(32-8)12-13(19(24,25)26)34-16(39-12)35-3-1-7(2-4-35)11(30)10-14(31)33-9(36)5-17(10,37)20(27,28)29/h6-7,37H,1-5,30H2,(H2,31,33,36). The predicted octanol–water partition coefficient (Wildman–Crippen LogP) is 4.31. The molecule has 5 N–H and O–H groups in total. The first kappa shape index (κ1) is 29.1. The minimum Gasteiger partial charge on any atom is -0.401 e. The van der Waals surface area contributed by atoms with Crippen LogP contribution < -0.4 is 16.4 Å². The average molecular weight is 609 g/mol. The molecule has 0 saturated carbocycles. The van der Waals surface area contributed by atoms with Gasteiger partial charge in [-0.3, -0.25) is 4.79 Å². The number of aliphatic hydroxyl groups is 1. The molecule has 0 spiro atoms. The lowest BCUT2D eigenvalue weighted by atomic mass is 9.80. The number of halogens is 9. The molecule has 1 saturated heterocycles. The Bertz CT molecular complexity index is 1340. The second-order valence-corrected chi connectivity index (χ2v) is 10.6. The van der Waals surface area contributed by atoms with E-state index in [0.717, 1.165) is 0 Å². The van der Waals surface area contributed by atoms with Crippen LogP contribution in [-0.4, -0.2) is 51.7 Å². The third-order valence-corrected chi connectivity index (χ3v) is 8.27. The average Bonchev–Trinajstić information content (AvgIpc) is 3.45. The zero-order valence-corrected chi connectivity index (χ0v) is 20.8. The second-order valence-electron chi connectivity index (χ2n) is 8.72. The zero-order valence-electron chi connectivity index (χ0n) is 19.2. The first-order chi connectivity index (χ1) is 17.8. The van der Waals surface area contributed by atoms with Gasteiger partial charge < -0.3 is 21.5 Å². The number of nitrogens with two attached hydrogens (primary N) is 2. The largest absolute Gasteiger partial charge is 0.434 e. The van der Waals surface area contributed by atoms with E-state index in [9.17, 15) is 49.4 Å². The van der Waals surface area contributed by atoms with Gasteiger partial charge in [0.2, 0.25) is 0 Å². The van der Waals surface area contributed by atoms with Gasteiger partial charge in [0.1, 0.15) is 10.8 Å². The maximum Gasteiger partial charge on any atom is 0.434 e. The summed E-state index contributed by atoms with van der Waals surface area (Å²) in [6.07, 6.45) is -16.6. The van der Waals surface area contributed by atoms with Gasteiger partial charge in [0.25, 0.3) is 5.91 Å². The predicted molar refractivity (Wildman–Crippen MR) is 122 cm³/mol.